The van der Waals surface area contributed by atoms with Crippen molar-refractivity contribution in [2.45, 2.75) is 31.8 Å². The molecule has 1 saturated heterocycles. The second kappa shape index (κ2) is 7.28. The Balaban J connectivity index is 1.85. The minimum atomic E-state index is 0.00500. The molecule has 1 amide bonds. The van der Waals surface area contributed by atoms with Gasteiger partial charge < -0.3 is 9.64 Å². The Morgan fingerprint density at radius 3 is 3.16 bits per heavy atom. The monoisotopic (exact) mass is 283 g/mol. The molecule has 2 heterocycles. The number of rotatable bonds is 5. The molecule has 5 nitrogen and oxygen atoms in total. The number of piperidine rings is 1. The quantitative estimate of drug-likeness (QED) is 0.774. The van der Waals surface area contributed by atoms with Gasteiger partial charge in [-0.25, -0.2) is 4.98 Å². The van der Waals surface area contributed by atoms with Crippen molar-refractivity contribution in [3.05, 3.63) is 18.6 Å². The molecular weight excluding hydrogens is 266 g/mol. The first-order valence-corrected chi connectivity index (χ1v) is 7.09. The molecule has 1 unspecified atom stereocenters. The molecule has 104 valence electrons. The Morgan fingerprint density at radius 1 is 1.53 bits per heavy atom. The minimum Gasteiger partial charge on any atom is -0.471 e. The Labute approximate surface area is 117 Å². The van der Waals surface area contributed by atoms with Crippen LogP contribution in [-0.4, -0.2) is 45.8 Å². The predicted molar refractivity (Wildman–Crippen MR) is 72.2 cm³/mol. The van der Waals surface area contributed by atoms with Crippen molar-refractivity contribution in [2.75, 3.05) is 19.0 Å². The van der Waals surface area contributed by atoms with Crippen LogP contribution in [0.2, 0.25) is 0 Å². The van der Waals surface area contributed by atoms with Gasteiger partial charge >= 0.3 is 0 Å². The van der Waals surface area contributed by atoms with Crippen molar-refractivity contribution < 1.29 is 9.53 Å². The van der Waals surface area contributed by atoms with Gasteiger partial charge in [-0.05, 0) is 19.3 Å². The van der Waals surface area contributed by atoms with E-state index >= 15 is 0 Å². The molecule has 1 aromatic heterocycles. The molecule has 2 rings (SSSR count). The molecule has 0 saturated carbocycles. The number of nitrogens with zero attached hydrogens (tertiary/aromatic N) is 3. The zero-order valence-corrected chi connectivity index (χ0v) is 11.6. The topological polar surface area (TPSA) is 55.3 Å². The van der Waals surface area contributed by atoms with Crippen LogP contribution in [0.3, 0.4) is 0 Å². The van der Waals surface area contributed by atoms with E-state index < -0.39 is 0 Å². The van der Waals surface area contributed by atoms with Gasteiger partial charge in [0.25, 0.3) is 0 Å². The summed E-state index contributed by atoms with van der Waals surface area (Å²) in [6, 6.07) is 0. The van der Waals surface area contributed by atoms with Crippen molar-refractivity contribution in [2.24, 2.45) is 0 Å². The summed E-state index contributed by atoms with van der Waals surface area (Å²) in [5.41, 5.74) is 0. The largest absolute Gasteiger partial charge is 0.471 e. The van der Waals surface area contributed by atoms with E-state index in [1.807, 2.05) is 4.90 Å². The van der Waals surface area contributed by atoms with Gasteiger partial charge in [0, 0.05) is 31.2 Å². The number of hydrogen-bond donors (Lipinski definition) is 0. The lowest BCUT2D eigenvalue weighted by Gasteiger charge is -2.32. The molecule has 19 heavy (non-hydrogen) atoms. The van der Waals surface area contributed by atoms with Crippen LogP contribution in [-0.2, 0) is 4.79 Å². The molecule has 6 heteroatoms. The van der Waals surface area contributed by atoms with Crippen molar-refractivity contribution in [3.8, 4) is 5.88 Å². The number of amides is 1. The smallest absolute Gasteiger partial charge is 0.232 e. The van der Waals surface area contributed by atoms with Crippen molar-refractivity contribution in [1.29, 1.82) is 0 Å². The SMILES string of the molecule is O=C(CCCCl)N1CCCC(Oc2cnccn2)C1. The van der Waals surface area contributed by atoms with Crippen LogP contribution >= 0.6 is 11.6 Å². The predicted octanol–water partition coefficient (Wildman–Crippen LogP) is 1.87. The van der Waals surface area contributed by atoms with Gasteiger partial charge in [0.15, 0.2) is 0 Å². The molecule has 0 radical (unpaired) electrons. The Hall–Kier alpha value is -1.36. The number of halogens is 1. The van der Waals surface area contributed by atoms with Gasteiger partial charge in [0.1, 0.15) is 6.10 Å². The van der Waals surface area contributed by atoms with E-state index in [4.69, 9.17) is 16.3 Å². The molecule has 1 atom stereocenters. The van der Waals surface area contributed by atoms with E-state index in [0.717, 1.165) is 25.8 Å². The van der Waals surface area contributed by atoms with E-state index in [0.29, 0.717) is 24.7 Å². The molecule has 0 spiro atoms. The third kappa shape index (κ3) is 4.35. The summed E-state index contributed by atoms with van der Waals surface area (Å²) in [4.78, 5) is 21.8. The first kappa shape index (κ1) is 14.1. The van der Waals surface area contributed by atoms with Crippen molar-refractivity contribution in [3.63, 3.8) is 0 Å². The number of alkyl halides is 1. The summed E-state index contributed by atoms with van der Waals surface area (Å²) < 4.78 is 5.75. The van der Waals surface area contributed by atoms with Crippen LogP contribution < -0.4 is 4.74 Å². The third-order valence-corrected chi connectivity index (χ3v) is 3.35. The summed E-state index contributed by atoms with van der Waals surface area (Å²) >= 11 is 5.61. The highest BCUT2D eigenvalue weighted by atomic mass is 35.5. The molecular formula is C13H18ClN3O2. The Kier molecular flexibility index (Phi) is 5.39. The van der Waals surface area contributed by atoms with Crippen LogP contribution in [0.5, 0.6) is 5.88 Å². The minimum absolute atomic E-state index is 0.00500. The number of hydrogen-bond acceptors (Lipinski definition) is 4. The number of carbonyl (C=O) groups excluding carboxylic acids is 1. The van der Waals surface area contributed by atoms with E-state index in [-0.39, 0.29) is 12.0 Å². The normalized spacial score (nSPS) is 19.2. The van der Waals surface area contributed by atoms with Gasteiger partial charge in [-0.3, -0.25) is 9.78 Å². The van der Waals surface area contributed by atoms with Crippen molar-refractivity contribution in [1.82, 2.24) is 14.9 Å². The first-order chi connectivity index (χ1) is 9.29. The number of likely N-dealkylation sites (tertiary alicyclic amines) is 1. The number of carbonyl (C=O) groups is 1. The molecule has 0 aromatic carbocycles. The fraction of sp³-hybridized carbons (Fsp3) is 0.615. The fourth-order valence-corrected chi connectivity index (χ4v) is 2.29. The third-order valence-electron chi connectivity index (χ3n) is 3.08. The molecule has 0 aliphatic carbocycles. The second-order valence-electron chi connectivity index (χ2n) is 4.56. The standard InChI is InChI=1S/C13H18ClN3O2/c14-5-1-4-13(18)17-8-2-3-11(10-17)19-12-9-15-6-7-16-12/h6-7,9,11H,1-5,8,10H2. The van der Waals surface area contributed by atoms with Gasteiger partial charge in [0.2, 0.25) is 11.8 Å². The van der Waals surface area contributed by atoms with Crippen LogP contribution in [0, 0.1) is 0 Å². The zero-order valence-electron chi connectivity index (χ0n) is 10.8. The summed E-state index contributed by atoms with van der Waals surface area (Å²) in [5, 5.41) is 0. The highest BCUT2D eigenvalue weighted by Gasteiger charge is 2.24. The number of ether oxygens (including phenoxy) is 1. The highest BCUT2D eigenvalue weighted by molar-refractivity contribution is 6.17. The van der Waals surface area contributed by atoms with E-state index in [9.17, 15) is 4.79 Å². The molecule has 0 N–H and O–H groups in total. The number of aromatic nitrogens is 2. The van der Waals surface area contributed by atoms with Crippen LogP contribution in [0.1, 0.15) is 25.7 Å². The maximum Gasteiger partial charge on any atom is 0.232 e. The summed E-state index contributed by atoms with van der Waals surface area (Å²) in [6.45, 7) is 1.43. The van der Waals surface area contributed by atoms with Crippen LogP contribution in [0.4, 0.5) is 0 Å². The molecule has 1 aromatic rings. The summed E-state index contributed by atoms with van der Waals surface area (Å²) in [5.74, 6) is 1.20. The zero-order chi connectivity index (χ0) is 13.5. The first-order valence-electron chi connectivity index (χ1n) is 6.56. The van der Waals surface area contributed by atoms with E-state index in [1.165, 1.54) is 0 Å². The lowest BCUT2D eigenvalue weighted by Crippen LogP contribution is -2.44. The van der Waals surface area contributed by atoms with E-state index in [1.54, 1.807) is 18.6 Å². The summed E-state index contributed by atoms with van der Waals surface area (Å²) in [6.07, 6.45) is 7.94. The molecule has 0 bridgehead atoms. The maximum absolute atomic E-state index is 11.9. The molecule has 1 fully saturated rings. The van der Waals surface area contributed by atoms with Crippen LogP contribution in [0.15, 0.2) is 18.6 Å². The van der Waals surface area contributed by atoms with Gasteiger partial charge in [-0.1, -0.05) is 0 Å². The van der Waals surface area contributed by atoms with Crippen molar-refractivity contribution >= 4 is 17.5 Å². The average Bonchev–Trinajstić information content (AvgIpc) is 2.46. The lowest BCUT2D eigenvalue weighted by atomic mass is 10.1. The second-order valence-corrected chi connectivity index (χ2v) is 4.94. The fourth-order valence-electron chi connectivity index (χ4n) is 2.15. The van der Waals surface area contributed by atoms with E-state index in [2.05, 4.69) is 9.97 Å². The van der Waals surface area contributed by atoms with Gasteiger partial charge in [0.05, 0.1) is 12.7 Å². The van der Waals surface area contributed by atoms with Crippen LogP contribution in [0.25, 0.3) is 0 Å². The maximum atomic E-state index is 11.9. The molecule has 1 aliphatic heterocycles. The Morgan fingerprint density at radius 2 is 2.42 bits per heavy atom. The average molecular weight is 284 g/mol. The highest BCUT2D eigenvalue weighted by Crippen LogP contribution is 2.16. The lowest BCUT2D eigenvalue weighted by molar-refractivity contribution is -0.133. The Bertz CT molecular complexity index is 402. The van der Waals surface area contributed by atoms with Gasteiger partial charge in [-0.15, -0.1) is 11.6 Å². The molecule has 1 aliphatic rings. The van der Waals surface area contributed by atoms with Gasteiger partial charge in [-0.2, -0.15) is 0 Å². The summed E-state index contributed by atoms with van der Waals surface area (Å²) in [7, 11) is 0.